The number of nitrogens with zero attached hydrogens (tertiary/aromatic N) is 2. The number of sulfonamides is 1. The summed E-state index contributed by atoms with van der Waals surface area (Å²) in [7, 11) is -6.71. The van der Waals surface area contributed by atoms with Crippen molar-refractivity contribution >= 4 is 25.8 Å². The zero-order valence-corrected chi connectivity index (χ0v) is 18.8. The summed E-state index contributed by atoms with van der Waals surface area (Å²) in [6.07, 6.45) is 6.47. The number of amides is 1. The van der Waals surface area contributed by atoms with Crippen molar-refractivity contribution in [1.82, 2.24) is 9.21 Å². The van der Waals surface area contributed by atoms with Crippen LogP contribution in [0.4, 0.5) is 0 Å². The molecule has 166 valence electrons. The summed E-state index contributed by atoms with van der Waals surface area (Å²) in [6.45, 7) is 1.07. The van der Waals surface area contributed by atoms with E-state index in [2.05, 4.69) is 0 Å². The van der Waals surface area contributed by atoms with Crippen molar-refractivity contribution in [2.24, 2.45) is 5.92 Å². The fourth-order valence-electron chi connectivity index (χ4n) is 4.89. The van der Waals surface area contributed by atoms with E-state index in [4.69, 9.17) is 0 Å². The second-order valence-corrected chi connectivity index (χ2v) is 12.9. The van der Waals surface area contributed by atoms with Crippen LogP contribution in [0.25, 0.3) is 0 Å². The molecule has 9 heteroatoms. The van der Waals surface area contributed by atoms with Crippen LogP contribution >= 0.6 is 0 Å². The molecular weight excluding hydrogens is 424 g/mol. The highest BCUT2D eigenvalue weighted by molar-refractivity contribution is 7.91. The van der Waals surface area contributed by atoms with E-state index >= 15 is 0 Å². The van der Waals surface area contributed by atoms with Crippen molar-refractivity contribution in [3.8, 4) is 0 Å². The summed E-state index contributed by atoms with van der Waals surface area (Å²) in [5.74, 6) is -0.133. The second kappa shape index (κ2) is 8.59. The van der Waals surface area contributed by atoms with Crippen LogP contribution in [0.3, 0.4) is 0 Å². The van der Waals surface area contributed by atoms with Crippen molar-refractivity contribution in [2.75, 3.05) is 37.7 Å². The van der Waals surface area contributed by atoms with Crippen LogP contribution in [-0.2, 0) is 24.7 Å². The fraction of sp³-hybridized carbons (Fsp3) is 0.667. The molecule has 1 unspecified atom stereocenters. The third-order valence-corrected chi connectivity index (χ3v) is 10.4. The van der Waals surface area contributed by atoms with Crippen LogP contribution in [0.5, 0.6) is 0 Å². The maximum absolute atomic E-state index is 13.0. The van der Waals surface area contributed by atoms with Crippen molar-refractivity contribution in [2.45, 2.75) is 49.3 Å². The average molecular weight is 455 g/mol. The van der Waals surface area contributed by atoms with Crippen LogP contribution in [0.2, 0.25) is 0 Å². The maximum Gasteiger partial charge on any atom is 0.243 e. The molecule has 0 spiro atoms. The quantitative estimate of drug-likeness (QED) is 0.694. The third kappa shape index (κ3) is 4.57. The molecule has 1 atom stereocenters. The highest BCUT2D eigenvalue weighted by Crippen LogP contribution is 2.33. The number of carbonyl (C=O) groups is 1. The Kier molecular flexibility index (Phi) is 6.23. The summed E-state index contributed by atoms with van der Waals surface area (Å²) in [4.78, 5) is 14.5. The lowest BCUT2D eigenvalue weighted by Crippen LogP contribution is -2.52. The summed E-state index contributed by atoms with van der Waals surface area (Å²) in [5, 5.41) is 0. The van der Waals surface area contributed by atoms with Crippen molar-refractivity contribution in [1.29, 1.82) is 0 Å². The molecule has 1 saturated carbocycles. The van der Waals surface area contributed by atoms with Gasteiger partial charge < -0.3 is 4.90 Å². The zero-order valence-electron chi connectivity index (χ0n) is 17.2. The molecule has 3 fully saturated rings. The van der Waals surface area contributed by atoms with Gasteiger partial charge in [-0.05, 0) is 42.9 Å². The van der Waals surface area contributed by atoms with Crippen LogP contribution in [-0.4, -0.2) is 69.6 Å². The number of sulfone groups is 1. The van der Waals surface area contributed by atoms with Gasteiger partial charge in [-0.25, -0.2) is 16.8 Å². The van der Waals surface area contributed by atoms with E-state index in [-0.39, 0.29) is 30.5 Å². The molecule has 2 aliphatic heterocycles. The monoisotopic (exact) mass is 454 g/mol. The van der Waals surface area contributed by atoms with Crippen LogP contribution in [0, 0.1) is 5.92 Å². The molecule has 1 aromatic rings. The van der Waals surface area contributed by atoms with Gasteiger partial charge in [0.15, 0.2) is 9.84 Å². The first-order valence-corrected chi connectivity index (χ1v) is 14.1. The first-order chi connectivity index (χ1) is 14.3. The first-order valence-electron chi connectivity index (χ1n) is 10.9. The minimum absolute atomic E-state index is 0.0641. The van der Waals surface area contributed by atoms with Gasteiger partial charge in [-0.3, -0.25) is 4.79 Å². The normalized spacial score (nSPS) is 26.0. The topological polar surface area (TPSA) is 91.8 Å². The Morgan fingerprint density at radius 2 is 1.53 bits per heavy atom. The summed E-state index contributed by atoms with van der Waals surface area (Å²) in [6, 6.07) is 7.31. The van der Waals surface area contributed by atoms with Crippen LogP contribution in [0.1, 0.15) is 50.0 Å². The maximum atomic E-state index is 13.0. The molecule has 0 aromatic heterocycles. The highest BCUT2D eigenvalue weighted by atomic mass is 32.2. The highest BCUT2D eigenvalue weighted by Gasteiger charge is 2.37. The number of carbonyl (C=O) groups excluding carboxylic acids is 1. The molecule has 1 aliphatic carbocycles. The number of piperazine rings is 1. The molecule has 2 saturated heterocycles. The summed E-state index contributed by atoms with van der Waals surface area (Å²) < 4.78 is 50.8. The largest absolute Gasteiger partial charge is 0.340 e. The van der Waals surface area contributed by atoms with Gasteiger partial charge in [-0.1, -0.05) is 31.4 Å². The van der Waals surface area contributed by atoms with E-state index in [1.165, 1.54) is 42.0 Å². The van der Waals surface area contributed by atoms with Crippen molar-refractivity contribution in [3.05, 3.63) is 29.8 Å². The van der Waals surface area contributed by atoms with Gasteiger partial charge in [0, 0.05) is 26.2 Å². The Morgan fingerprint density at radius 3 is 2.10 bits per heavy atom. The molecule has 1 aromatic carbocycles. The molecule has 1 amide bonds. The average Bonchev–Trinajstić information content (AvgIpc) is 3.13. The first kappa shape index (κ1) is 21.8. The lowest BCUT2D eigenvalue weighted by molar-refractivity contribution is -0.135. The number of benzene rings is 1. The molecule has 0 radical (unpaired) electrons. The SMILES string of the molecule is O=C(C1CCS(=O)(=O)C1)N1CCN(S(=O)(=O)c2ccc(C3CCCCC3)cc2)CC1. The fourth-order valence-corrected chi connectivity index (χ4v) is 8.05. The van der Waals surface area contributed by atoms with E-state index in [1.807, 2.05) is 12.1 Å². The zero-order chi connectivity index (χ0) is 21.4. The number of hydrogen-bond acceptors (Lipinski definition) is 5. The van der Waals surface area contributed by atoms with E-state index in [9.17, 15) is 21.6 Å². The van der Waals surface area contributed by atoms with Gasteiger partial charge in [0.2, 0.25) is 15.9 Å². The van der Waals surface area contributed by atoms with Gasteiger partial charge in [0.25, 0.3) is 0 Å². The molecule has 0 bridgehead atoms. The molecular formula is C21H30N2O5S2. The van der Waals surface area contributed by atoms with Gasteiger partial charge in [-0.2, -0.15) is 4.31 Å². The van der Waals surface area contributed by atoms with Gasteiger partial charge in [0.1, 0.15) is 0 Å². The van der Waals surface area contributed by atoms with Crippen LogP contribution < -0.4 is 0 Å². The Morgan fingerprint density at radius 1 is 0.900 bits per heavy atom. The number of hydrogen-bond donors (Lipinski definition) is 0. The lowest BCUT2D eigenvalue weighted by atomic mass is 9.84. The Balaban J connectivity index is 1.37. The predicted octanol–water partition coefficient (Wildman–Crippen LogP) is 2.00. The Labute approximate surface area is 179 Å². The number of rotatable bonds is 4. The van der Waals surface area contributed by atoms with E-state index in [0.29, 0.717) is 30.3 Å². The van der Waals surface area contributed by atoms with Gasteiger partial charge in [0.05, 0.1) is 22.3 Å². The summed E-state index contributed by atoms with van der Waals surface area (Å²) in [5.41, 5.74) is 1.22. The standard InChI is InChI=1S/C21H30N2O5S2/c24-21(19-10-15-29(25,26)16-19)22-11-13-23(14-12-22)30(27,28)20-8-6-18(7-9-20)17-4-2-1-3-5-17/h6-9,17,19H,1-5,10-16H2. The Hall–Kier alpha value is -1.45. The molecule has 3 aliphatic rings. The van der Waals surface area contributed by atoms with Crippen LogP contribution in [0.15, 0.2) is 29.2 Å². The van der Waals surface area contributed by atoms with Crippen molar-refractivity contribution in [3.63, 3.8) is 0 Å². The molecule has 4 rings (SSSR count). The summed E-state index contributed by atoms with van der Waals surface area (Å²) >= 11 is 0. The third-order valence-electron chi connectivity index (χ3n) is 6.73. The smallest absolute Gasteiger partial charge is 0.243 e. The molecule has 30 heavy (non-hydrogen) atoms. The molecule has 0 N–H and O–H groups in total. The van der Waals surface area contributed by atoms with E-state index in [1.54, 1.807) is 17.0 Å². The molecule has 7 nitrogen and oxygen atoms in total. The van der Waals surface area contributed by atoms with Crippen molar-refractivity contribution < 1.29 is 21.6 Å². The second-order valence-electron chi connectivity index (χ2n) is 8.73. The van der Waals surface area contributed by atoms with Gasteiger partial charge >= 0.3 is 0 Å². The van der Waals surface area contributed by atoms with Gasteiger partial charge in [-0.15, -0.1) is 0 Å². The lowest BCUT2D eigenvalue weighted by Gasteiger charge is -2.35. The molecule has 2 heterocycles. The van der Waals surface area contributed by atoms with E-state index in [0.717, 1.165) is 0 Å². The predicted molar refractivity (Wildman–Crippen MR) is 114 cm³/mol. The minimum atomic E-state index is -3.60. The Bertz CT molecular complexity index is 975. The van der Waals surface area contributed by atoms with E-state index < -0.39 is 25.8 Å². The minimum Gasteiger partial charge on any atom is -0.340 e.